The normalized spacial score (nSPS) is 11.6. The van der Waals surface area contributed by atoms with Crippen molar-refractivity contribution in [1.82, 2.24) is 5.32 Å². The maximum Gasteiger partial charge on any atom is 0.158 e. The number of rotatable bonds is 26. The first kappa shape index (κ1) is 29.9. The van der Waals surface area contributed by atoms with Gasteiger partial charge in [-0.2, -0.15) is 0 Å². The molecule has 0 amide bonds. The molecule has 0 rings (SSSR count). The molecule has 0 aliphatic rings. The van der Waals surface area contributed by atoms with Gasteiger partial charge in [-0.3, -0.25) is 0 Å². The molecule has 0 bridgehead atoms. The minimum atomic E-state index is -0.0626. The van der Waals surface area contributed by atoms with Gasteiger partial charge in [-0.05, 0) is 19.5 Å². The van der Waals surface area contributed by atoms with Crippen LogP contribution in [0.1, 0.15) is 142 Å². The van der Waals surface area contributed by atoms with Gasteiger partial charge in [0.25, 0.3) is 0 Å². The average molecular weight is 428 g/mol. The molecular weight excluding hydrogens is 370 g/mol. The Morgan fingerprint density at radius 1 is 0.467 bits per heavy atom. The summed E-state index contributed by atoms with van der Waals surface area (Å²) in [6.07, 6.45) is 29.7. The molecule has 0 aliphatic heterocycles. The number of hydrogen-bond donors (Lipinski definition) is 1. The summed E-state index contributed by atoms with van der Waals surface area (Å²) in [6, 6.07) is 0. The number of hydrogen-bond acceptors (Lipinski definition) is 3. The van der Waals surface area contributed by atoms with E-state index in [1.807, 2.05) is 0 Å². The van der Waals surface area contributed by atoms with Crippen LogP contribution in [0.25, 0.3) is 0 Å². The smallest absolute Gasteiger partial charge is 0.158 e. The molecule has 182 valence electrons. The minimum absolute atomic E-state index is 0.0626. The van der Waals surface area contributed by atoms with Crippen molar-refractivity contribution >= 4 is 0 Å². The van der Waals surface area contributed by atoms with Crippen molar-refractivity contribution in [3.63, 3.8) is 0 Å². The van der Waals surface area contributed by atoms with Crippen LogP contribution in [0.4, 0.5) is 0 Å². The first-order valence-electron chi connectivity index (χ1n) is 13.6. The predicted octanol–water partition coefficient (Wildman–Crippen LogP) is 8.41. The third-order valence-corrected chi connectivity index (χ3v) is 6.29. The fraction of sp³-hybridized carbons (Fsp3) is 1.00. The maximum absolute atomic E-state index is 5.19. The Labute approximate surface area is 190 Å². The van der Waals surface area contributed by atoms with Gasteiger partial charge in [0.2, 0.25) is 0 Å². The largest absolute Gasteiger partial charge is 0.356 e. The van der Waals surface area contributed by atoms with E-state index in [1.165, 1.54) is 128 Å². The van der Waals surface area contributed by atoms with Crippen molar-refractivity contribution in [3.05, 3.63) is 0 Å². The molecule has 0 saturated heterocycles. The van der Waals surface area contributed by atoms with Crippen LogP contribution in [-0.4, -0.2) is 33.6 Å². The van der Waals surface area contributed by atoms with Crippen molar-refractivity contribution in [3.8, 4) is 0 Å². The third-order valence-electron chi connectivity index (χ3n) is 6.29. The lowest BCUT2D eigenvalue weighted by atomic mass is 10.0. The zero-order chi connectivity index (χ0) is 22.0. The second-order valence-electron chi connectivity index (χ2n) is 9.16. The van der Waals surface area contributed by atoms with Gasteiger partial charge >= 0.3 is 0 Å². The van der Waals surface area contributed by atoms with Crippen LogP contribution in [0.2, 0.25) is 0 Å². The first-order valence-corrected chi connectivity index (χ1v) is 13.6. The maximum atomic E-state index is 5.19. The molecular formula is C27H57NO2. The molecule has 0 heterocycles. The average Bonchev–Trinajstić information content (AvgIpc) is 2.77. The van der Waals surface area contributed by atoms with E-state index < -0.39 is 0 Å². The second kappa shape index (κ2) is 26.9. The SMILES string of the molecule is CCCCCCCCCCCCCCCCCCCCCCNCCC(OC)OC. The summed E-state index contributed by atoms with van der Waals surface area (Å²) in [5.41, 5.74) is 0. The van der Waals surface area contributed by atoms with Crippen molar-refractivity contribution in [2.24, 2.45) is 0 Å². The molecule has 3 heteroatoms. The molecule has 0 saturated carbocycles. The first-order chi connectivity index (χ1) is 14.8. The Kier molecular flexibility index (Phi) is 26.8. The molecule has 0 atom stereocenters. The van der Waals surface area contributed by atoms with Crippen LogP contribution in [0.15, 0.2) is 0 Å². The summed E-state index contributed by atoms with van der Waals surface area (Å²) in [6.45, 7) is 4.40. The van der Waals surface area contributed by atoms with Crippen molar-refractivity contribution in [2.45, 2.75) is 148 Å². The highest BCUT2D eigenvalue weighted by Gasteiger charge is 2.03. The quantitative estimate of drug-likeness (QED) is 0.111. The molecule has 0 aromatic rings. The Hall–Kier alpha value is -0.120. The van der Waals surface area contributed by atoms with E-state index in [2.05, 4.69) is 12.2 Å². The van der Waals surface area contributed by atoms with Crippen LogP contribution in [-0.2, 0) is 9.47 Å². The standard InChI is InChI=1S/C27H57NO2/c1-4-5-6-7-8-9-10-11-12-13-14-15-16-17-18-19-20-21-22-23-25-28-26-24-27(29-2)30-3/h27-28H,4-26H2,1-3H3. The lowest BCUT2D eigenvalue weighted by Gasteiger charge is -2.13. The van der Waals surface area contributed by atoms with E-state index in [0.29, 0.717) is 0 Å². The molecule has 0 spiro atoms. The summed E-state index contributed by atoms with van der Waals surface area (Å²) in [4.78, 5) is 0. The second-order valence-corrected chi connectivity index (χ2v) is 9.16. The van der Waals surface area contributed by atoms with Crippen LogP contribution in [0, 0.1) is 0 Å². The van der Waals surface area contributed by atoms with E-state index >= 15 is 0 Å². The van der Waals surface area contributed by atoms with Gasteiger partial charge in [0, 0.05) is 20.6 Å². The van der Waals surface area contributed by atoms with Crippen LogP contribution in [0.3, 0.4) is 0 Å². The van der Waals surface area contributed by atoms with Crippen LogP contribution < -0.4 is 5.32 Å². The van der Waals surface area contributed by atoms with Crippen molar-refractivity contribution < 1.29 is 9.47 Å². The highest BCUT2D eigenvalue weighted by Crippen LogP contribution is 2.14. The molecule has 0 fully saturated rings. The van der Waals surface area contributed by atoms with E-state index in [-0.39, 0.29) is 6.29 Å². The zero-order valence-corrected chi connectivity index (χ0v) is 21.2. The van der Waals surface area contributed by atoms with Gasteiger partial charge in [-0.1, -0.05) is 129 Å². The Bertz CT molecular complexity index is 295. The topological polar surface area (TPSA) is 30.5 Å². The zero-order valence-electron chi connectivity index (χ0n) is 21.2. The van der Waals surface area contributed by atoms with Crippen molar-refractivity contribution in [1.29, 1.82) is 0 Å². The number of methoxy groups -OCH3 is 2. The number of nitrogens with one attached hydrogen (secondary N) is 1. The Morgan fingerprint density at radius 3 is 1.13 bits per heavy atom. The van der Waals surface area contributed by atoms with Gasteiger partial charge < -0.3 is 14.8 Å². The lowest BCUT2D eigenvalue weighted by molar-refractivity contribution is -0.105. The molecule has 0 radical (unpaired) electrons. The fourth-order valence-electron chi connectivity index (χ4n) is 4.18. The molecule has 1 N–H and O–H groups in total. The summed E-state index contributed by atoms with van der Waals surface area (Å²) >= 11 is 0. The molecule has 0 aliphatic carbocycles. The minimum Gasteiger partial charge on any atom is -0.356 e. The molecule has 3 nitrogen and oxygen atoms in total. The summed E-state index contributed by atoms with van der Waals surface area (Å²) in [5, 5.41) is 3.48. The lowest BCUT2D eigenvalue weighted by Crippen LogP contribution is -2.23. The Balaban J connectivity index is 3.03. The van der Waals surface area contributed by atoms with Gasteiger partial charge in [0.1, 0.15) is 0 Å². The van der Waals surface area contributed by atoms with Crippen molar-refractivity contribution in [2.75, 3.05) is 27.3 Å². The monoisotopic (exact) mass is 427 g/mol. The molecule has 0 aromatic heterocycles. The van der Waals surface area contributed by atoms with E-state index in [1.54, 1.807) is 14.2 Å². The predicted molar refractivity (Wildman–Crippen MR) is 133 cm³/mol. The number of ether oxygens (including phenoxy) is 2. The molecule has 30 heavy (non-hydrogen) atoms. The van der Waals surface area contributed by atoms with Gasteiger partial charge in [0.05, 0.1) is 0 Å². The molecule has 0 aromatic carbocycles. The summed E-state index contributed by atoms with van der Waals surface area (Å²) in [5.74, 6) is 0. The highest BCUT2D eigenvalue weighted by molar-refractivity contribution is 4.53. The fourth-order valence-corrected chi connectivity index (χ4v) is 4.18. The van der Waals surface area contributed by atoms with Crippen LogP contribution >= 0.6 is 0 Å². The van der Waals surface area contributed by atoms with E-state index in [4.69, 9.17) is 9.47 Å². The highest BCUT2D eigenvalue weighted by atomic mass is 16.7. The molecule has 0 unspecified atom stereocenters. The summed E-state index contributed by atoms with van der Waals surface area (Å²) < 4.78 is 10.4. The van der Waals surface area contributed by atoms with Gasteiger partial charge in [0.15, 0.2) is 6.29 Å². The summed E-state index contributed by atoms with van der Waals surface area (Å²) in [7, 11) is 3.40. The number of unbranched alkanes of at least 4 members (excludes halogenated alkanes) is 19. The van der Waals surface area contributed by atoms with E-state index in [9.17, 15) is 0 Å². The third kappa shape index (κ3) is 24.2. The van der Waals surface area contributed by atoms with Gasteiger partial charge in [-0.25, -0.2) is 0 Å². The Morgan fingerprint density at radius 2 is 0.800 bits per heavy atom. The van der Waals surface area contributed by atoms with E-state index in [0.717, 1.165) is 19.5 Å². The van der Waals surface area contributed by atoms with Gasteiger partial charge in [-0.15, -0.1) is 0 Å². The van der Waals surface area contributed by atoms with Crippen LogP contribution in [0.5, 0.6) is 0 Å².